The smallest absolute Gasteiger partial charge is 0.412 e. The van der Waals surface area contributed by atoms with Crippen molar-refractivity contribution in [1.82, 2.24) is 0 Å². The average molecular weight is 348 g/mol. The van der Waals surface area contributed by atoms with E-state index in [-0.39, 0.29) is 0 Å². The molecule has 1 rings (SSSR count). The number of halogens is 1. The van der Waals surface area contributed by atoms with Crippen molar-refractivity contribution in [1.29, 1.82) is 0 Å². The Morgan fingerprint density at radius 1 is 1.41 bits per heavy atom. The van der Waals surface area contributed by atoms with Gasteiger partial charge in [0, 0.05) is 15.8 Å². The molecule has 0 aliphatic rings. The molecular weight excluding hydrogens is 331 g/mol. The third-order valence-corrected chi connectivity index (χ3v) is 2.46. The molecular formula is C12H17IN2O2. The summed E-state index contributed by atoms with van der Waals surface area (Å²) in [5.41, 5.74) is 6.75. The highest BCUT2D eigenvalue weighted by molar-refractivity contribution is 14.1. The number of amides is 1. The molecule has 0 saturated carbocycles. The van der Waals surface area contributed by atoms with Crippen molar-refractivity contribution < 1.29 is 9.53 Å². The zero-order valence-corrected chi connectivity index (χ0v) is 12.4. The van der Waals surface area contributed by atoms with Crippen molar-refractivity contribution in [2.75, 3.05) is 5.32 Å². The van der Waals surface area contributed by atoms with Gasteiger partial charge in [0.2, 0.25) is 0 Å². The summed E-state index contributed by atoms with van der Waals surface area (Å²) in [7, 11) is 0. The van der Waals surface area contributed by atoms with E-state index >= 15 is 0 Å². The molecule has 1 aromatic carbocycles. The number of nitrogens with two attached hydrogens (primary N) is 1. The van der Waals surface area contributed by atoms with Gasteiger partial charge in [-0.15, -0.1) is 0 Å². The van der Waals surface area contributed by atoms with Crippen molar-refractivity contribution in [2.24, 2.45) is 5.73 Å². The molecule has 0 fully saturated rings. The highest BCUT2D eigenvalue weighted by Gasteiger charge is 2.16. The van der Waals surface area contributed by atoms with Gasteiger partial charge in [0.05, 0.1) is 0 Å². The van der Waals surface area contributed by atoms with E-state index < -0.39 is 11.7 Å². The Kier molecular flexibility index (Phi) is 4.76. The Bertz CT molecular complexity index is 413. The molecule has 5 heteroatoms. The van der Waals surface area contributed by atoms with Crippen LogP contribution < -0.4 is 11.1 Å². The standard InChI is InChI=1S/C12H17IN2O2/c1-12(2,3)17-11(16)15-10-5-8(7-14)4-9(13)6-10/h4-6H,7,14H2,1-3H3,(H,15,16). The zero-order chi connectivity index (χ0) is 13.1. The first-order valence-electron chi connectivity index (χ1n) is 5.30. The van der Waals surface area contributed by atoms with Crippen molar-refractivity contribution in [3.05, 3.63) is 27.3 Å². The number of rotatable bonds is 2. The quantitative estimate of drug-likeness (QED) is 0.808. The number of carbonyl (C=O) groups excluding carboxylic acids is 1. The third-order valence-electron chi connectivity index (χ3n) is 1.84. The van der Waals surface area contributed by atoms with E-state index in [1.54, 1.807) is 0 Å². The molecule has 94 valence electrons. The van der Waals surface area contributed by atoms with Crippen molar-refractivity contribution in [3.8, 4) is 0 Å². The van der Waals surface area contributed by atoms with E-state index in [0.717, 1.165) is 9.13 Å². The molecule has 3 N–H and O–H groups in total. The van der Waals surface area contributed by atoms with Gasteiger partial charge in [-0.05, 0) is 67.1 Å². The predicted molar refractivity (Wildman–Crippen MR) is 76.9 cm³/mol. The highest BCUT2D eigenvalue weighted by atomic mass is 127. The second-order valence-electron chi connectivity index (χ2n) is 4.68. The summed E-state index contributed by atoms with van der Waals surface area (Å²) >= 11 is 2.18. The lowest BCUT2D eigenvalue weighted by Gasteiger charge is -2.19. The van der Waals surface area contributed by atoms with Gasteiger partial charge < -0.3 is 10.5 Å². The predicted octanol–water partition coefficient (Wildman–Crippen LogP) is 3.10. The lowest BCUT2D eigenvalue weighted by atomic mass is 10.2. The molecule has 0 saturated heterocycles. The molecule has 4 nitrogen and oxygen atoms in total. The summed E-state index contributed by atoms with van der Waals surface area (Å²) in [6.07, 6.45) is -0.456. The van der Waals surface area contributed by atoms with E-state index in [9.17, 15) is 4.79 Å². The fourth-order valence-electron chi connectivity index (χ4n) is 1.26. The van der Waals surface area contributed by atoms with Crippen LogP contribution in [0, 0.1) is 3.57 Å². The SMILES string of the molecule is CC(C)(C)OC(=O)Nc1cc(I)cc(CN)c1. The van der Waals surface area contributed by atoms with E-state index in [2.05, 4.69) is 27.9 Å². The van der Waals surface area contributed by atoms with Gasteiger partial charge in [0.25, 0.3) is 0 Å². The molecule has 0 heterocycles. The van der Waals surface area contributed by atoms with Crippen molar-refractivity contribution in [2.45, 2.75) is 32.9 Å². The Morgan fingerprint density at radius 3 is 2.59 bits per heavy atom. The first-order chi connectivity index (χ1) is 7.80. The molecule has 0 aliphatic carbocycles. The second-order valence-corrected chi connectivity index (χ2v) is 5.92. The van der Waals surface area contributed by atoms with E-state index in [1.165, 1.54) is 0 Å². The fraction of sp³-hybridized carbons (Fsp3) is 0.417. The van der Waals surface area contributed by atoms with Gasteiger partial charge in [-0.2, -0.15) is 0 Å². The number of benzene rings is 1. The van der Waals surface area contributed by atoms with Gasteiger partial charge in [-0.25, -0.2) is 4.79 Å². The van der Waals surface area contributed by atoms with Crippen molar-refractivity contribution in [3.63, 3.8) is 0 Å². The summed E-state index contributed by atoms with van der Waals surface area (Å²) in [6, 6.07) is 5.68. The highest BCUT2D eigenvalue weighted by Crippen LogP contribution is 2.17. The van der Waals surface area contributed by atoms with Crippen LogP contribution in [0.2, 0.25) is 0 Å². The molecule has 0 aromatic heterocycles. The number of anilines is 1. The van der Waals surface area contributed by atoms with Gasteiger partial charge in [0.15, 0.2) is 0 Å². The van der Waals surface area contributed by atoms with E-state index in [4.69, 9.17) is 10.5 Å². The van der Waals surface area contributed by atoms with Crippen LogP contribution in [-0.2, 0) is 11.3 Å². The maximum Gasteiger partial charge on any atom is 0.412 e. The van der Waals surface area contributed by atoms with Gasteiger partial charge in [-0.3, -0.25) is 5.32 Å². The van der Waals surface area contributed by atoms with Crippen LogP contribution in [0.1, 0.15) is 26.3 Å². The maximum atomic E-state index is 11.6. The third kappa shape index (κ3) is 5.36. The van der Waals surface area contributed by atoms with Crippen LogP contribution in [0.4, 0.5) is 10.5 Å². The summed E-state index contributed by atoms with van der Waals surface area (Å²) in [5.74, 6) is 0. The largest absolute Gasteiger partial charge is 0.444 e. The lowest BCUT2D eigenvalue weighted by Crippen LogP contribution is -2.27. The first kappa shape index (κ1) is 14.2. The van der Waals surface area contributed by atoms with Crippen LogP contribution in [0.15, 0.2) is 18.2 Å². The molecule has 0 spiro atoms. The normalized spacial score (nSPS) is 11.1. The monoisotopic (exact) mass is 348 g/mol. The molecule has 0 bridgehead atoms. The number of carbonyl (C=O) groups is 1. The number of hydrogen-bond acceptors (Lipinski definition) is 3. The van der Waals surface area contributed by atoms with E-state index in [0.29, 0.717) is 12.2 Å². The topological polar surface area (TPSA) is 64.3 Å². The molecule has 1 amide bonds. The van der Waals surface area contributed by atoms with Crippen LogP contribution in [0.5, 0.6) is 0 Å². The Balaban J connectivity index is 2.74. The van der Waals surface area contributed by atoms with Crippen LogP contribution in [-0.4, -0.2) is 11.7 Å². The van der Waals surface area contributed by atoms with Crippen LogP contribution >= 0.6 is 22.6 Å². The van der Waals surface area contributed by atoms with Gasteiger partial charge in [-0.1, -0.05) is 0 Å². The molecule has 0 atom stereocenters. The molecule has 17 heavy (non-hydrogen) atoms. The number of nitrogens with one attached hydrogen (secondary N) is 1. The Hall–Kier alpha value is -0.820. The summed E-state index contributed by atoms with van der Waals surface area (Å²) in [5, 5.41) is 2.69. The Morgan fingerprint density at radius 2 is 2.06 bits per heavy atom. The number of hydrogen-bond donors (Lipinski definition) is 2. The minimum atomic E-state index is -0.497. The molecule has 0 radical (unpaired) electrons. The minimum Gasteiger partial charge on any atom is -0.444 e. The Labute approximate surface area is 115 Å². The maximum absolute atomic E-state index is 11.6. The lowest BCUT2D eigenvalue weighted by molar-refractivity contribution is 0.0636. The van der Waals surface area contributed by atoms with E-state index in [1.807, 2.05) is 39.0 Å². The number of ether oxygens (including phenoxy) is 1. The van der Waals surface area contributed by atoms with Crippen LogP contribution in [0.3, 0.4) is 0 Å². The second kappa shape index (κ2) is 5.68. The zero-order valence-electron chi connectivity index (χ0n) is 10.2. The average Bonchev–Trinajstić information content (AvgIpc) is 2.13. The van der Waals surface area contributed by atoms with Gasteiger partial charge in [0.1, 0.15) is 5.60 Å². The summed E-state index contributed by atoms with van der Waals surface area (Å²) < 4.78 is 6.20. The van der Waals surface area contributed by atoms with Crippen molar-refractivity contribution >= 4 is 34.4 Å². The fourth-order valence-corrected chi connectivity index (χ4v) is 2.00. The first-order valence-corrected chi connectivity index (χ1v) is 6.37. The summed E-state index contributed by atoms with van der Waals surface area (Å²) in [4.78, 5) is 11.6. The van der Waals surface area contributed by atoms with Crippen LogP contribution in [0.25, 0.3) is 0 Å². The summed E-state index contributed by atoms with van der Waals surface area (Å²) in [6.45, 7) is 5.92. The molecule has 0 aliphatic heterocycles. The minimum absolute atomic E-state index is 0.444. The molecule has 0 unspecified atom stereocenters. The molecule has 1 aromatic rings. The van der Waals surface area contributed by atoms with Gasteiger partial charge >= 0.3 is 6.09 Å².